The van der Waals surface area contributed by atoms with Crippen molar-refractivity contribution in [3.8, 4) is 5.75 Å². The number of para-hydroxylation sites is 1. The van der Waals surface area contributed by atoms with Gasteiger partial charge in [0.2, 0.25) is 0 Å². The number of nitrogens with one attached hydrogen (secondary N) is 1. The van der Waals surface area contributed by atoms with E-state index in [4.69, 9.17) is 4.74 Å². The molecular weight excluding hydrogens is 396 g/mol. The van der Waals surface area contributed by atoms with Gasteiger partial charge in [0.25, 0.3) is 15.9 Å². The molecule has 1 heterocycles. The minimum atomic E-state index is -3.61. The third-order valence-electron chi connectivity index (χ3n) is 4.09. The molecule has 0 saturated heterocycles. The van der Waals surface area contributed by atoms with E-state index in [9.17, 15) is 13.2 Å². The highest BCUT2D eigenvalue weighted by Crippen LogP contribution is 2.22. The number of hydrogen-bond donors (Lipinski definition) is 1. The summed E-state index contributed by atoms with van der Waals surface area (Å²) in [5, 5.41) is 1.70. The van der Waals surface area contributed by atoms with Crippen molar-refractivity contribution in [3.63, 3.8) is 0 Å². The van der Waals surface area contributed by atoms with E-state index >= 15 is 0 Å². The Bertz CT molecular complexity index is 1050. The maximum absolute atomic E-state index is 12.7. The minimum absolute atomic E-state index is 0.168. The fourth-order valence-electron chi connectivity index (χ4n) is 2.68. The number of thiophene rings is 1. The smallest absolute Gasteiger partial charge is 0.271 e. The number of methoxy groups -OCH3 is 1. The van der Waals surface area contributed by atoms with Crippen molar-refractivity contribution in [2.45, 2.75) is 10.8 Å². The lowest BCUT2D eigenvalue weighted by molar-refractivity contribution is 0.0784. The summed E-state index contributed by atoms with van der Waals surface area (Å²) in [6.07, 6.45) is 0. The van der Waals surface area contributed by atoms with Crippen LogP contribution >= 0.6 is 11.3 Å². The lowest BCUT2D eigenvalue weighted by Gasteiger charge is -2.19. The van der Waals surface area contributed by atoms with Crippen LogP contribution < -0.4 is 9.46 Å². The number of hydrogen-bond acceptors (Lipinski definition) is 5. The molecule has 2 aromatic carbocycles. The third-order valence-corrected chi connectivity index (χ3v) is 6.87. The Kier molecular flexibility index (Phi) is 6.01. The second-order valence-corrected chi connectivity index (χ2v) is 8.94. The van der Waals surface area contributed by atoms with Crippen molar-refractivity contribution in [1.82, 2.24) is 4.90 Å². The molecule has 0 aliphatic rings. The van der Waals surface area contributed by atoms with E-state index in [0.29, 0.717) is 17.8 Å². The summed E-state index contributed by atoms with van der Waals surface area (Å²) in [4.78, 5) is 14.3. The number of sulfonamides is 1. The van der Waals surface area contributed by atoms with E-state index in [-0.39, 0.29) is 10.1 Å². The second-order valence-electron chi connectivity index (χ2n) is 6.09. The van der Waals surface area contributed by atoms with Crippen LogP contribution in [-0.4, -0.2) is 33.4 Å². The topological polar surface area (TPSA) is 75.7 Å². The number of amides is 1. The van der Waals surface area contributed by atoms with Crippen molar-refractivity contribution < 1.29 is 17.9 Å². The Morgan fingerprint density at radius 1 is 1.07 bits per heavy atom. The molecule has 3 rings (SSSR count). The lowest BCUT2D eigenvalue weighted by Crippen LogP contribution is -2.26. The number of rotatable bonds is 7. The van der Waals surface area contributed by atoms with Crippen LogP contribution in [0, 0.1) is 0 Å². The molecule has 0 aliphatic carbocycles. The highest BCUT2D eigenvalue weighted by atomic mass is 32.2. The monoisotopic (exact) mass is 416 g/mol. The molecule has 6 nitrogen and oxygen atoms in total. The normalized spacial score (nSPS) is 11.1. The van der Waals surface area contributed by atoms with Crippen LogP contribution in [0.15, 0.2) is 70.3 Å². The van der Waals surface area contributed by atoms with Crippen molar-refractivity contribution in [2.75, 3.05) is 18.9 Å². The molecule has 146 valence electrons. The van der Waals surface area contributed by atoms with Crippen LogP contribution in [0.25, 0.3) is 0 Å². The van der Waals surface area contributed by atoms with Gasteiger partial charge in [-0.15, -0.1) is 11.3 Å². The summed E-state index contributed by atoms with van der Waals surface area (Å²) < 4.78 is 32.6. The molecule has 0 radical (unpaired) electrons. The number of nitrogens with zero attached hydrogens (tertiary/aromatic N) is 1. The molecule has 8 heteroatoms. The average Bonchev–Trinajstić information content (AvgIpc) is 3.24. The SMILES string of the molecule is COc1ccccc1CN(C)C(=O)c1ccc(NS(=O)(=O)c2cccs2)cc1. The molecule has 1 N–H and O–H groups in total. The molecule has 28 heavy (non-hydrogen) atoms. The van der Waals surface area contributed by atoms with Gasteiger partial charge in [-0.2, -0.15) is 0 Å². The Labute approximate surface area is 168 Å². The van der Waals surface area contributed by atoms with E-state index in [1.54, 1.807) is 54.8 Å². The molecule has 0 spiro atoms. The predicted octanol–water partition coefficient (Wildman–Crippen LogP) is 3.83. The van der Waals surface area contributed by atoms with Crippen LogP contribution in [0.5, 0.6) is 5.75 Å². The summed E-state index contributed by atoms with van der Waals surface area (Å²) in [6.45, 7) is 0.398. The maximum Gasteiger partial charge on any atom is 0.271 e. The molecule has 0 atom stereocenters. The van der Waals surface area contributed by atoms with E-state index in [1.807, 2.05) is 24.3 Å². The van der Waals surface area contributed by atoms with E-state index < -0.39 is 10.0 Å². The Morgan fingerprint density at radius 3 is 2.43 bits per heavy atom. The number of anilines is 1. The summed E-state index contributed by atoms with van der Waals surface area (Å²) in [7, 11) is -0.304. The zero-order chi connectivity index (χ0) is 20.1. The van der Waals surface area contributed by atoms with Crippen LogP contribution in [0.4, 0.5) is 5.69 Å². The summed E-state index contributed by atoms with van der Waals surface area (Å²) in [5.74, 6) is 0.555. The van der Waals surface area contributed by atoms with Gasteiger partial charge in [0, 0.05) is 30.4 Å². The molecule has 0 fully saturated rings. The zero-order valence-electron chi connectivity index (χ0n) is 15.5. The maximum atomic E-state index is 12.7. The first-order chi connectivity index (χ1) is 13.4. The Balaban J connectivity index is 1.69. The van der Waals surface area contributed by atoms with Gasteiger partial charge in [0.05, 0.1) is 7.11 Å². The largest absolute Gasteiger partial charge is 0.496 e. The number of carbonyl (C=O) groups excluding carboxylic acids is 1. The number of benzene rings is 2. The van der Waals surface area contributed by atoms with Crippen molar-refractivity contribution in [1.29, 1.82) is 0 Å². The average molecular weight is 417 g/mol. The zero-order valence-corrected chi connectivity index (χ0v) is 17.1. The second kappa shape index (κ2) is 8.45. The molecule has 0 unspecified atom stereocenters. The first-order valence-electron chi connectivity index (χ1n) is 8.44. The standard InChI is InChI=1S/C20H20N2O4S2/c1-22(14-16-6-3-4-7-18(16)26-2)20(23)15-9-11-17(12-10-15)21-28(24,25)19-8-5-13-27-19/h3-13,21H,14H2,1-2H3. The van der Waals surface area contributed by atoms with Crippen molar-refractivity contribution in [3.05, 3.63) is 77.2 Å². The number of ether oxygens (including phenoxy) is 1. The molecule has 0 aliphatic heterocycles. The van der Waals surface area contributed by atoms with Crippen molar-refractivity contribution >= 4 is 33.0 Å². The molecule has 0 saturated carbocycles. The molecule has 1 aromatic heterocycles. The number of carbonyl (C=O) groups is 1. The van der Waals surface area contributed by atoms with E-state index in [0.717, 1.165) is 22.6 Å². The van der Waals surface area contributed by atoms with Crippen LogP contribution in [0.1, 0.15) is 15.9 Å². The summed E-state index contributed by atoms with van der Waals surface area (Å²) in [6, 6.07) is 17.1. The van der Waals surface area contributed by atoms with E-state index in [2.05, 4.69) is 4.72 Å². The molecule has 0 bridgehead atoms. The first kappa shape index (κ1) is 19.9. The quantitative estimate of drug-likeness (QED) is 0.635. The molecular formula is C20H20N2O4S2. The summed E-state index contributed by atoms with van der Waals surface area (Å²) in [5.41, 5.74) is 1.77. The molecule has 3 aromatic rings. The Morgan fingerprint density at radius 2 is 1.79 bits per heavy atom. The van der Waals surface area contributed by atoms with Gasteiger partial charge in [-0.25, -0.2) is 8.42 Å². The van der Waals surface area contributed by atoms with Crippen LogP contribution in [-0.2, 0) is 16.6 Å². The van der Waals surface area contributed by atoms with Gasteiger partial charge in [-0.05, 0) is 41.8 Å². The lowest BCUT2D eigenvalue weighted by atomic mass is 10.1. The summed E-state index contributed by atoms with van der Waals surface area (Å²) >= 11 is 1.14. The third kappa shape index (κ3) is 4.52. The molecule has 1 amide bonds. The van der Waals surface area contributed by atoms with Crippen LogP contribution in [0.2, 0.25) is 0 Å². The highest BCUT2D eigenvalue weighted by molar-refractivity contribution is 7.94. The fourth-order valence-corrected chi connectivity index (χ4v) is 4.74. The van der Waals surface area contributed by atoms with Gasteiger partial charge < -0.3 is 9.64 Å². The van der Waals surface area contributed by atoms with Crippen LogP contribution in [0.3, 0.4) is 0 Å². The van der Waals surface area contributed by atoms with Gasteiger partial charge in [0.1, 0.15) is 9.96 Å². The predicted molar refractivity (Wildman–Crippen MR) is 110 cm³/mol. The highest BCUT2D eigenvalue weighted by Gasteiger charge is 2.17. The fraction of sp³-hybridized carbons (Fsp3) is 0.150. The van der Waals surface area contributed by atoms with E-state index in [1.165, 1.54) is 6.07 Å². The van der Waals surface area contributed by atoms with Gasteiger partial charge in [0.15, 0.2) is 0 Å². The minimum Gasteiger partial charge on any atom is -0.496 e. The van der Waals surface area contributed by atoms with Gasteiger partial charge in [-0.1, -0.05) is 24.3 Å². The van der Waals surface area contributed by atoms with Gasteiger partial charge in [-0.3, -0.25) is 9.52 Å². The van der Waals surface area contributed by atoms with Crippen molar-refractivity contribution in [2.24, 2.45) is 0 Å². The van der Waals surface area contributed by atoms with Gasteiger partial charge >= 0.3 is 0 Å². The Hall–Kier alpha value is -2.84. The first-order valence-corrected chi connectivity index (χ1v) is 10.8.